The maximum atomic E-state index is 11.8. The topological polar surface area (TPSA) is 56.2 Å². The molecule has 0 saturated heterocycles. The number of fused-ring (bicyclic) bond motifs is 1. The average Bonchev–Trinajstić information content (AvgIpc) is 3.14. The number of nitrogens with one attached hydrogen (secondary N) is 1. The molecule has 0 radical (unpaired) electrons. The van der Waals surface area contributed by atoms with E-state index in [4.69, 9.17) is 9.72 Å². The van der Waals surface area contributed by atoms with E-state index in [1.807, 2.05) is 25.1 Å². The minimum atomic E-state index is 0.109. The Hall–Kier alpha value is -2.82. The lowest BCUT2D eigenvalue weighted by molar-refractivity contribution is -0.121. The number of hydrogen-bond donors (Lipinski definition) is 1. The van der Waals surface area contributed by atoms with Crippen molar-refractivity contribution in [3.8, 4) is 5.75 Å². The van der Waals surface area contributed by atoms with Gasteiger partial charge >= 0.3 is 0 Å². The van der Waals surface area contributed by atoms with Gasteiger partial charge in [-0.15, -0.1) is 0 Å². The lowest BCUT2D eigenvalue weighted by Crippen LogP contribution is -2.26. The summed E-state index contributed by atoms with van der Waals surface area (Å²) in [5.41, 5.74) is 3.49. The van der Waals surface area contributed by atoms with Gasteiger partial charge in [-0.2, -0.15) is 0 Å². The number of carbonyl (C=O) groups excluding carboxylic acids is 1. The first-order chi connectivity index (χ1) is 15.1. The summed E-state index contributed by atoms with van der Waals surface area (Å²) in [6, 6.07) is 16.7. The Kier molecular flexibility index (Phi) is 8.51. The van der Waals surface area contributed by atoms with Gasteiger partial charge in [0.05, 0.1) is 17.6 Å². The second kappa shape index (κ2) is 11.5. The third kappa shape index (κ3) is 6.33. The Morgan fingerprint density at radius 3 is 2.65 bits per heavy atom. The molecule has 1 atom stereocenters. The number of nitrogens with zero attached hydrogens (tertiary/aromatic N) is 2. The molecule has 3 rings (SSSR count). The monoisotopic (exact) mass is 421 g/mol. The van der Waals surface area contributed by atoms with E-state index in [-0.39, 0.29) is 5.91 Å². The molecule has 0 saturated carbocycles. The smallest absolute Gasteiger partial charge is 0.219 e. The second-order valence-electron chi connectivity index (χ2n) is 8.10. The fraction of sp³-hybridized carbons (Fsp3) is 0.462. The highest BCUT2D eigenvalue weighted by Gasteiger charge is 2.11. The average molecular weight is 422 g/mol. The highest BCUT2D eigenvalue weighted by atomic mass is 16.5. The van der Waals surface area contributed by atoms with Gasteiger partial charge in [-0.25, -0.2) is 4.98 Å². The Balaban J connectivity index is 1.56. The molecule has 5 heteroatoms. The van der Waals surface area contributed by atoms with E-state index < -0.39 is 0 Å². The fourth-order valence-corrected chi connectivity index (χ4v) is 3.74. The molecule has 1 amide bonds. The highest BCUT2D eigenvalue weighted by Crippen LogP contribution is 2.22. The van der Waals surface area contributed by atoms with E-state index in [1.54, 1.807) is 0 Å². The van der Waals surface area contributed by atoms with Crippen LogP contribution in [0.15, 0.2) is 48.5 Å². The van der Waals surface area contributed by atoms with Crippen molar-refractivity contribution in [1.82, 2.24) is 14.9 Å². The van der Waals surface area contributed by atoms with Crippen LogP contribution in [-0.4, -0.2) is 28.6 Å². The molecule has 1 aromatic heterocycles. The molecule has 0 spiro atoms. The van der Waals surface area contributed by atoms with Gasteiger partial charge in [0.2, 0.25) is 5.91 Å². The molecule has 1 unspecified atom stereocenters. The summed E-state index contributed by atoms with van der Waals surface area (Å²) in [5, 5.41) is 2.99. The Labute approximate surface area is 185 Å². The fourth-order valence-electron chi connectivity index (χ4n) is 3.74. The third-order valence-electron chi connectivity index (χ3n) is 5.74. The van der Waals surface area contributed by atoms with Crippen LogP contribution in [-0.2, 0) is 17.8 Å². The van der Waals surface area contributed by atoms with Crippen LogP contribution in [0.25, 0.3) is 11.0 Å². The van der Waals surface area contributed by atoms with Gasteiger partial charge in [0, 0.05) is 25.9 Å². The second-order valence-corrected chi connectivity index (χ2v) is 8.10. The predicted molar refractivity (Wildman–Crippen MR) is 127 cm³/mol. The van der Waals surface area contributed by atoms with E-state index >= 15 is 0 Å². The minimum absolute atomic E-state index is 0.109. The summed E-state index contributed by atoms with van der Waals surface area (Å²) < 4.78 is 8.23. The summed E-state index contributed by atoms with van der Waals surface area (Å²) in [7, 11) is 0. The molecule has 0 aliphatic carbocycles. The van der Waals surface area contributed by atoms with Gasteiger partial charge in [0.25, 0.3) is 0 Å². The number of rotatable bonds is 12. The van der Waals surface area contributed by atoms with E-state index in [9.17, 15) is 4.79 Å². The number of aryl methyl sites for hydroxylation is 1. The van der Waals surface area contributed by atoms with Crippen LogP contribution in [0.4, 0.5) is 0 Å². The van der Waals surface area contributed by atoms with Gasteiger partial charge < -0.3 is 14.6 Å². The molecule has 0 aliphatic rings. The number of hydrogen-bond acceptors (Lipinski definition) is 3. The summed E-state index contributed by atoms with van der Waals surface area (Å²) >= 11 is 0. The van der Waals surface area contributed by atoms with E-state index in [0.717, 1.165) is 54.8 Å². The first-order valence-electron chi connectivity index (χ1n) is 11.6. The number of amides is 1. The molecule has 3 aromatic rings. The molecule has 0 aliphatic heterocycles. The third-order valence-corrected chi connectivity index (χ3v) is 5.74. The summed E-state index contributed by atoms with van der Waals surface area (Å²) in [4.78, 5) is 16.6. The number of benzene rings is 2. The number of imidazole rings is 1. The van der Waals surface area contributed by atoms with Crippen LogP contribution in [0, 0.1) is 0 Å². The Bertz CT molecular complexity index is 962. The van der Waals surface area contributed by atoms with E-state index in [1.165, 1.54) is 5.56 Å². The molecule has 0 bridgehead atoms. The maximum Gasteiger partial charge on any atom is 0.219 e. The molecule has 1 heterocycles. The molecule has 166 valence electrons. The zero-order valence-corrected chi connectivity index (χ0v) is 19.1. The van der Waals surface area contributed by atoms with Crippen LogP contribution in [0.3, 0.4) is 0 Å². The summed E-state index contributed by atoms with van der Waals surface area (Å²) in [6.45, 7) is 8.58. The lowest BCUT2D eigenvalue weighted by atomic mass is 9.99. The molecule has 2 aromatic carbocycles. The van der Waals surface area contributed by atoms with Crippen molar-refractivity contribution in [2.75, 3.05) is 13.2 Å². The van der Waals surface area contributed by atoms with Gasteiger partial charge in [0.15, 0.2) is 0 Å². The van der Waals surface area contributed by atoms with Crippen molar-refractivity contribution in [1.29, 1.82) is 0 Å². The molecular formula is C26H35N3O2. The zero-order valence-electron chi connectivity index (χ0n) is 19.1. The number of ether oxygens (including phenoxy) is 1. The number of carbonyl (C=O) groups is 1. The van der Waals surface area contributed by atoms with Crippen molar-refractivity contribution >= 4 is 16.9 Å². The number of para-hydroxylation sites is 2. The van der Waals surface area contributed by atoms with Gasteiger partial charge in [-0.3, -0.25) is 4.79 Å². The van der Waals surface area contributed by atoms with Crippen LogP contribution >= 0.6 is 0 Å². The molecule has 5 nitrogen and oxygen atoms in total. The van der Waals surface area contributed by atoms with Crippen LogP contribution in [0.1, 0.15) is 63.8 Å². The highest BCUT2D eigenvalue weighted by molar-refractivity contribution is 5.76. The quantitative estimate of drug-likeness (QED) is 0.394. The van der Waals surface area contributed by atoms with Crippen LogP contribution < -0.4 is 10.1 Å². The van der Waals surface area contributed by atoms with Crippen molar-refractivity contribution in [3.63, 3.8) is 0 Å². The van der Waals surface area contributed by atoms with Crippen LogP contribution in [0.5, 0.6) is 5.75 Å². The maximum absolute atomic E-state index is 11.8. The largest absolute Gasteiger partial charge is 0.494 e. The van der Waals surface area contributed by atoms with Crippen molar-refractivity contribution in [3.05, 3.63) is 59.9 Å². The van der Waals surface area contributed by atoms with Crippen molar-refractivity contribution < 1.29 is 9.53 Å². The van der Waals surface area contributed by atoms with E-state index in [2.05, 4.69) is 54.1 Å². The standard InChI is InChI=1S/C26H35N3O2/c1-4-9-26(30)27-17-16-25-28-23-10-6-7-11-24(23)29(25)18-8-19-31-22-14-12-21(13-15-22)20(3)5-2/h6-7,10-15,20H,4-5,8-9,16-19H2,1-3H3,(H,27,30). The molecule has 31 heavy (non-hydrogen) atoms. The number of aromatic nitrogens is 2. The van der Waals surface area contributed by atoms with Crippen molar-refractivity contribution in [2.24, 2.45) is 0 Å². The first-order valence-corrected chi connectivity index (χ1v) is 11.6. The lowest BCUT2D eigenvalue weighted by Gasteiger charge is -2.12. The minimum Gasteiger partial charge on any atom is -0.494 e. The van der Waals surface area contributed by atoms with Gasteiger partial charge in [0.1, 0.15) is 11.6 Å². The predicted octanol–water partition coefficient (Wildman–Crippen LogP) is 5.48. The van der Waals surface area contributed by atoms with Crippen LogP contribution in [0.2, 0.25) is 0 Å². The van der Waals surface area contributed by atoms with Gasteiger partial charge in [-0.1, -0.05) is 45.0 Å². The molecular weight excluding hydrogens is 386 g/mol. The van der Waals surface area contributed by atoms with Gasteiger partial charge in [-0.05, 0) is 55.0 Å². The summed E-state index contributed by atoms with van der Waals surface area (Å²) in [6.07, 6.45) is 4.20. The Morgan fingerprint density at radius 1 is 1.13 bits per heavy atom. The first kappa shape index (κ1) is 22.9. The van der Waals surface area contributed by atoms with E-state index in [0.29, 0.717) is 25.5 Å². The SMILES string of the molecule is CCCC(=O)NCCc1nc2ccccc2n1CCCOc1ccc(C(C)CC)cc1. The van der Waals surface area contributed by atoms with Crippen molar-refractivity contribution in [2.45, 2.75) is 65.3 Å². The summed E-state index contributed by atoms with van der Waals surface area (Å²) in [5.74, 6) is 2.61. The molecule has 0 fully saturated rings. The molecule has 1 N–H and O–H groups in total. The normalized spacial score (nSPS) is 12.1. The Morgan fingerprint density at radius 2 is 1.90 bits per heavy atom. The zero-order chi connectivity index (χ0) is 22.1.